The van der Waals surface area contributed by atoms with Gasteiger partial charge in [0, 0.05) is 51.4 Å². The molecule has 0 unspecified atom stereocenters. The first-order valence-electron chi connectivity index (χ1n) is 5.82. The molecule has 1 heterocycles. The normalized spacial score (nSPS) is 10.0. The summed E-state index contributed by atoms with van der Waals surface area (Å²) < 4.78 is 2.63. The molecule has 1 radical (unpaired) electrons. The average molecular weight is 292 g/mol. The molecule has 6 heteroatoms. The van der Waals surface area contributed by atoms with Crippen LogP contribution in [-0.2, 0) is 0 Å². The van der Waals surface area contributed by atoms with E-state index in [-0.39, 0.29) is 51.4 Å². The summed E-state index contributed by atoms with van der Waals surface area (Å²) in [6.07, 6.45) is 0. The van der Waals surface area contributed by atoms with Crippen molar-refractivity contribution in [1.29, 1.82) is 0 Å². The van der Waals surface area contributed by atoms with E-state index in [1.165, 1.54) is 9.36 Å². The van der Waals surface area contributed by atoms with E-state index < -0.39 is 11.4 Å². The zero-order valence-electron chi connectivity index (χ0n) is 11.0. The first kappa shape index (κ1) is 15.2. The molecule has 0 saturated carbocycles. The molecule has 20 heavy (non-hydrogen) atoms. The number of aromatic amines is 1. The molecular weight excluding hydrogens is 281 g/mol. The summed E-state index contributed by atoms with van der Waals surface area (Å²) in [5, 5.41) is 0. The minimum Gasteiger partial charge on any atom is -0.256 e. The number of hydrogen-bond donors (Lipinski definition) is 1. The standard InChI is InChI=1S/C14H11N3O2.K/c18-13-15-14(19)17(12-9-5-2-6-10-12)16(13)11-7-3-1-4-8-11;/h1-10H,(H,15,18,19);. The van der Waals surface area contributed by atoms with Gasteiger partial charge in [0.25, 0.3) is 0 Å². The van der Waals surface area contributed by atoms with Crippen LogP contribution in [0.15, 0.2) is 70.3 Å². The molecule has 0 aliphatic rings. The van der Waals surface area contributed by atoms with Crippen molar-refractivity contribution >= 4 is 51.4 Å². The third kappa shape index (κ3) is 2.79. The number of nitrogens with one attached hydrogen (secondary N) is 1. The van der Waals surface area contributed by atoms with Crippen molar-refractivity contribution in [3.8, 4) is 11.4 Å². The van der Waals surface area contributed by atoms with Crippen LogP contribution in [0.2, 0.25) is 0 Å². The minimum atomic E-state index is -0.458. The summed E-state index contributed by atoms with van der Waals surface area (Å²) >= 11 is 0. The van der Waals surface area contributed by atoms with Gasteiger partial charge in [-0.05, 0) is 24.3 Å². The second-order valence-electron chi connectivity index (χ2n) is 4.03. The van der Waals surface area contributed by atoms with Gasteiger partial charge in [0.1, 0.15) is 0 Å². The maximum Gasteiger partial charge on any atom is 0.349 e. The molecule has 0 spiro atoms. The number of aromatic nitrogens is 3. The molecule has 0 atom stereocenters. The second kappa shape index (κ2) is 6.51. The third-order valence-electron chi connectivity index (χ3n) is 2.80. The van der Waals surface area contributed by atoms with Crippen LogP contribution in [0.1, 0.15) is 0 Å². The number of rotatable bonds is 2. The summed E-state index contributed by atoms with van der Waals surface area (Å²) in [6.45, 7) is 0. The molecule has 0 aliphatic heterocycles. The van der Waals surface area contributed by atoms with Gasteiger partial charge in [-0.15, -0.1) is 0 Å². The topological polar surface area (TPSA) is 59.8 Å². The number of H-pyrrole nitrogens is 1. The van der Waals surface area contributed by atoms with Gasteiger partial charge in [-0.25, -0.2) is 9.59 Å². The Bertz CT molecular complexity index is 736. The summed E-state index contributed by atoms with van der Waals surface area (Å²) in [4.78, 5) is 26.1. The van der Waals surface area contributed by atoms with Crippen molar-refractivity contribution in [1.82, 2.24) is 14.3 Å². The van der Waals surface area contributed by atoms with E-state index in [4.69, 9.17) is 0 Å². The van der Waals surface area contributed by atoms with Gasteiger partial charge in [0.2, 0.25) is 0 Å². The first-order valence-corrected chi connectivity index (χ1v) is 5.82. The zero-order chi connectivity index (χ0) is 13.2. The smallest absolute Gasteiger partial charge is 0.256 e. The minimum absolute atomic E-state index is 0. The predicted octanol–water partition coefficient (Wildman–Crippen LogP) is 0.936. The van der Waals surface area contributed by atoms with E-state index in [9.17, 15) is 9.59 Å². The van der Waals surface area contributed by atoms with Crippen molar-refractivity contribution in [3.05, 3.63) is 81.6 Å². The van der Waals surface area contributed by atoms with Gasteiger partial charge in [-0.3, -0.25) is 4.98 Å². The van der Waals surface area contributed by atoms with E-state index in [2.05, 4.69) is 4.98 Å². The summed E-state index contributed by atoms with van der Waals surface area (Å²) in [5.41, 5.74) is 0.351. The van der Waals surface area contributed by atoms with Gasteiger partial charge in [0.05, 0.1) is 11.4 Å². The molecule has 95 valence electrons. The Morgan fingerprint density at radius 3 is 1.35 bits per heavy atom. The van der Waals surface area contributed by atoms with Gasteiger partial charge < -0.3 is 0 Å². The summed E-state index contributed by atoms with van der Waals surface area (Å²) in [6, 6.07) is 18.1. The SMILES string of the molecule is O=c1[nH]c(=O)n(-c2ccccc2)n1-c1ccccc1.[K]. The van der Waals surface area contributed by atoms with Crippen LogP contribution < -0.4 is 11.4 Å². The molecule has 0 amide bonds. The monoisotopic (exact) mass is 292 g/mol. The van der Waals surface area contributed by atoms with Crippen LogP contribution in [0.4, 0.5) is 0 Å². The van der Waals surface area contributed by atoms with Gasteiger partial charge in [-0.2, -0.15) is 9.36 Å². The van der Waals surface area contributed by atoms with E-state index in [1.54, 1.807) is 24.3 Å². The quantitative estimate of drug-likeness (QED) is 0.715. The Balaban J connectivity index is 0.00000147. The fourth-order valence-electron chi connectivity index (χ4n) is 1.98. The van der Waals surface area contributed by atoms with E-state index in [1.807, 2.05) is 36.4 Å². The summed E-state index contributed by atoms with van der Waals surface area (Å²) in [7, 11) is 0. The van der Waals surface area contributed by atoms with Crippen molar-refractivity contribution in [2.75, 3.05) is 0 Å². The fraction of sp³-hybridized carbons (Fsp3) is 0. The Hall–Kier alpha value is -1.18. The van der Waals surface area contributed by atoms with Crippen LogP contribution in [-0.4, -0.2) is 65.7 Å². The van der Waals surface area contributed by atoms with Crippen LogP contribution >= 0.6 is 0 Å². The largest absolute Gasteiger partial charge is 0.349 e. The van der Waals surface area contributed by atoms with Crippen molar-refractivity contribution in [3.63, 3.8) is 0 Å². The van der Waals surface area contributed by atoms with Gasteiger partial charge in [0.15, 0.2) is 0 Å². The number of benzene rings is 2. The Kier molecular flexibility index (Phi) is 4.95. The van der Waals surface area contributed by atoms with Crippen molar-refractivity contribution in [2.45, 2.75) is 0 Å². The van der Waals surface area contributed by atoms with Crippen LogP contribution in [0.25, 0.3) is 11.4 Å². The molecule has 0 fully saturated rings. The van der Waals surface area contributed by atoms with Gasteiger partial charge in [-0.1, -0.05) is 36.4 Å². The average Bonchev–Trinajstić information content (AvgIpc) is 2.75. The van der Waals surface area contributed by atoms with E-state index >= 15 is 0 Å². The van der Waals surface area contributed by atoms with Crippen molar-refractivity contribution < 1.29 is 0 Å². The van der Waals surface area contributed by atoms with Crippen LogP contribution in [0.3, 0.4) is 0 Å². The fourth-order valence-corrected chi connectivity index (χ4v) is 1.98. The van der Waals surface area contributed by atoms with Crippen LogP contribution in [0.5, 0.6) is 0 Å². The number of hydrogen-bond acceptors (Lipinski definition) is 2. The molecule has 0 aliphatic carbocycles. The molecular formula is C14H11KN3O2. The molecule has 5 nitrogen and oxygen atoms in total. The van der Waals surface area contributed by atoms with Crippen molar-refractivity contribution in [2.24, 2.45) is 0 Å². The van der Waals surface area contributed by atoms with Crippen LogP contribution in [0, 0.1) is 0 Å². The second-order valence-corrected chi connectivity index (χ2v) is 4.03. The maximum absolute atomic E-state index is 11.9. The number of nitrogens with zero attached hydrogens (tertiary/aromatic N) is 2. The van der Waals surface area contributed by atoms with E-state index in [0.29, 0.717) is 11.4 Å². The zero-order valence-corrected chi connectivity index (χ0v) is 14.1. The van der Waals surface area contributed by atoms with E-state index in [0.717, 1.165) is 0 Å². The first-order chi connectivity index (χ1) is 9.27. The van der Waals surface area contributed by atoms with Gasteiger partial charge >= 0.3 is 11.4 Å². The molecule has 1 aromatic heterocycles. The maximum atomic E-state index is 11.9. The molecule has 3 rings (SSSR count). The molecule has 1 N–H and O–H groups in total. The Morgan fingerprint density at radius 2 is 1.00 bits per heavy atom. The summed E-state index contributed by atoms with van der Waals surface area (Å²) in [5.74, 6) is 0. The molecule has 0 saturated heterocycles. The molecule has 3 aromatic rings. The molecule has 0 bridgehead atoms. The molecule has 2 aromatic carbocycles. The number of para-hydroxylation sites is 2. The predicted molar refractivity (Wildman–Crippen MR) is 77.7 cm³/mol. The Morgan fingerprint density at radius 1 is 0.650 bits per heavy atom. The Labute approximate surface area is 157 Å². The third-order valence-corrected chi connectivity index (χ3v) is 2.80.